The quantitative estimate of drug-likeness (QED) is 0.747. The van der Waals surface area contributed by atoms with Gasteiger partial charge in [-0.25, -0.2) is 4.63 Å². The predicted octanol–water partition coefficient (Wildman–Crippen LogP) is 3.19. The molecule has 1 atom stereocenters. The van der Waals surface area contributed by atoms with E-state index in [0.717, 1.165) is 24.3 Å². The van der Waals surface area contributed by atoms with Gasteiger partial charge in [-0.05, 0) is 34.4 Å². The standard InChI is InChI=1S/C20H22N4O3/c1-2-15(14-6-4-3-5-7-14)20(25)21-16-8-9-17(19-18(16)22-27-23-19)24-10-12-26-13-11-24/h3-9,15H,2,10-13H2,1H3,(H,21,25)/t15-/m1/s1. The number of rotatable bonds is 5. The first kappa shape index (κ1) is 17.5. The van der Waals surface area contributed by atoms with E-state index in [9.17, 15) is 4.79 Å². The van der Waals surface area contributed by atoms with Crippen LogP contribution in [0.15, 0.2) is 47.1 Å². The van der Waals surface area contributed by atoms with Gasteiger partial charge in [-0.1, -0.05) is 37.3 Å². The number of hydrogen-bond donors (Lipinski definition) is 1. The number of carbonyl (C=O) groups is 1. The van der Waals surface area contributed by atoms with Crippen LogP contribution in [0.5, 0.6) is 0 Å². The average molecular weight is 366 g/mol. The maximum Gasteiger partial charge on any atom is 0.231 e. The Morgan fingerprint density at radius 3 is 2.59 bits per heavy atom. The first-order valence-electron chi connectivity index (χ1n) is 9.21. The van der Waals surface area contributed by atoms with Gasteiger partial charge in [0.2, 0.25) is 5.91 Å². The maximum atomic E-state index is 12.9. The van der Waals surface area contributed by atoms with Crippen molar-refractivity contribution in [2.45, 2.75) is 19.3 Å². The van der Waals surface area contributed by atoms with Gasteiger partial charge in [0, 0.05) is 13.1 Å². The molecule has 1 aromatic heterocycles. The summed E-state index contributed by atoms with van der Waals surface area (Å²) in [4.78, 5) is 15.1. The Morgan fingerprint density at radius 2 is 1.85 bits per heavy atom. The van der Waals surface area contributed by atoms with Crippen LogP contribution in [0.3, 0.4) is 0 Å². The fraction of sp³-hybridized carbons (Fsp3) is 0.350. The second-order valence-corrected chi connectivity index (χ2v) is 6.55. The predicted molar refractivity (Wildman–Crippen MR) is 103 cm³/mol. The van der Waals surface area contributed by atoms with Crippen LogP contribution in [0.4, 0.5) is 11.4 Å². The van der Waals surface area contributed by atoms with Crippen LogP contribution >= 0.6 is 0 Å². The minimum Gasteiger partial charge on any atom is -0.378 e. The molecule has 3 aromatic rings. The van der Waals surface area contributed by atoms with Crippen molar-refractivity contribution in [3.05, 3.63) is 48.0 Å². The van der Waals surface area contributed by atoms with E-state index >= 15 is 0 Å². The first-order chi connectivity index (χ1) is 13.3. The summed E-state index contributed by atoms with van der Waals surface area (Å²) in [6.45, 7) is 4.95. The molecule has 7 nitrogen and oxygen atoms in total. The van der Waals surface area contributed by atoms with Crippen molar-refractivity contribution in [1.29, 1.82) is 0 Å². The van der Waals surface area contributed by atoms with Gasteiger partial charge in [0.05, 0.1) is 30.5 Å². The Hall–Kier alpha value is -2.93. The summed E-state index contributed by atoms with van der Waals surface area (Å²) in [6, 6.07) is 13.6. The lowest BCUT2D eigenvalue weighted by atomic mass is 9.95. The third-order valence-corrected chi connectivity index (χ3v) is 4.93. The van der Waals surface area contributed by atoms with E-state index < -0.39 is 0 Å². The molecule has 2 aromatic carbocycles. The van der Waals surface area contributed by atoms with Crippen LogP contribution in [-0.4, -0.2) is 42.5 Å². The second kappa shape index (κ2) is 7.75. The first-order valence-corrected chi connectivity index (χ1v) is 9.21. The zero-order valence-corrected chi connectivity index (χ0v) is 15.2. The summed E-state index contributed by atoms with van der Waals surface area (Å²) in [5.41, 5.74) is 3.78. The molecule has 4 rings (SSSR count). The van der Waals surface area contributed by atoms with E-state index in [1.165, 1.54) is 0 Å². The number of morpholine rings is 1. The largest absolute Gasteiger partial charge is 0.378 e. The molecule has 1 N–H and O–H groups in total. The lowest BCUT2D eigenvalue weighted by Crippen LogP contribution is -2.36. The molecule has 0 radical (unpaired) electrons. The molecule has 27 heavy (non-hydrogen) atoms. The third kappa shape index (κ3) is 3.50. The van der Waals surface area contributed by atoms with Crippen LogP contribution in [0.25, 0.3) is 11.0 Å². The number of fused-ring (bicyclic) bond motifs is 1. The second-order valence-electron chi connectivity index (χ2n) is 6.55. The van der Waals surface area contributed by atoms with Gasteiger partial charge in [0.15, 0.2) is 11.0 Å². The Labute approximate surface area is 157 Å². The zero-order chi connectivity index (χ0) is 18.6. The van der Waals surface area contributed by atoms with Crippen LogP contribution in [0.2, 0.25) is 0 Å². The van der Waals surface area contributed by atoms with E-state index in [1.807, 2.05) is 49.4 Å². The summed E-state index contributed by atoms with van der Waals surface area (Å²) in [7, 11) is 0. The van der Waals surface area contributed by atoms with Crippen molar-refractivity contribution in [2.75, 3.05) is 36.5 Å². The summed E-state index contributed by atoms with van der Waals surface area (Å²) < 4.78 is 10.4. The SMILES string of the molecule is CC[C@@H](C(=O)Nc1ccc(N2CCOCC2)c2nonc12)c1ccccc1. The molecule has 0 unspecified atom stereocenters. The molecule has 1 amide bonds. The van der Waals surface area contributed by atoms with Gasteiger partial charge in [0.1, 0.15) is 0 Å². The summed E-state index contributed by atoms with van der Waals surface area (Å²) in [5, 5.41) is 11.1. The molecule has 0 bridgehead atoms. The molecule has 1 aliphatic rings. The Kier molecular flexibility index (Phi) is 5.02. The van der Waals surface area contributed by atoms with E-state index in [-0.39, 0.29) is 11.8 Å². The molecule has 7 heteroatoms. The van der Waals surface area contributed by atoms with Crippen molar-refractivity contribution in [1.82, 2.24) is 10.3 Å². The monoisotopic (exact) mass is 366 g/mol. The van der Waals surface area contributed by atoms with E-state index in [2.05, 4.69) is 20.5 Å². The molecular weight excluding hydrogens is 344 g/mol. The summed E-state index contributed by atoms with van der Waals surface area (Å²) in [6.07, 6.45) is 0.710. The Bertz CT molecular complexity index is 919. The van der Waals surface area contributed by atoms with E-state index in [4.69, 9.17) is 9.37 Å². The van der Waals surface area contributed by atoms with Crippen LogP contribution in [0.1, 0.15) is 24.8 Å². The number of aromatic nitrogens is 2. The molecule has 0 saturated carbocycles. The molecule has 0 aliphatic carbocycles. The Balaban J connectivity index is 1.61. The minimum atomic E-state index is -0.222. The van der Waals surface area contributed by atoms with Gasteiger partial charge in [-0.3, -0.25) is 4.79 Å². The van der Waals surface area contributed by atoms with Crippen molar-refractivity contribution < 1.29 is 14.2 Å². The normalized spacial score (nSPS) is 15.7. The molecule has 1 saturated heterocycles. The molecule has 140 valence electrons. The van der Waals surface area contributed by atoms with Gasteiger partial charge >= 0.3 is 0 Å². The summed E-state index contributed by atoms with van der Waals surface area (Å²) >= 11 is 0. The topological polar surface area (TPSA) is 80.5 Å². The highest BCUT2D eigenvalue weighted by atomic mass is 16.6. The zero-order valence-electron chi connectivity index (χ0n) is 15.2. The number of carbonyl (C=O) groups excluding carboxylic acids is 1. The molecule has 0 spiro atoms. The minimum absolute atomic E-state index is 0.0628. The number of nitrogens with one attached hydrogen (secondary N) is 1. The molecule has 1 fully saturated rings. The lowest BCUT2D eigenvalue weighted by Gasteiger charge is -2.28. The van der Waals surface area contributed by atoms with Crippen LogP contribution in [-0.2, 0) is 9.53 Å². The van der Waals surface area contributed by atoms with Crippen molar-refractivity contribution in [3.63, 3.8) is 0 Å². The maximum absolute atomic E-state index is 12.9. The lowest BCUT2D eigenvalue weighted by molar-refractivity contribution is -0.117. The smallest absolute Gasteiger partial charge is 0.231 e. The molecular formula is C20H22N4O3. The van der Waals surface area contributed by atoms with Crippen LogP contribution < -0.4 is 10.2 Å². The Morgan fingerprint density at radius 1 is 1.11 bits per heavy atom. The number of benzene rings is 2. The molecule has 1 aliphatic heterocycles. The van der Waals surface area contributed by atoms with Gasteiger partial charge in [-0.2, -0.15) is 0 Å². The summed E-state index contributed by atoms with van der Waals surface area (Å²) in [5.74, 6) is -0.285. The third-order valence-electron chi connectivity index (χ3n) is 4.93. The number of hydrogen-bond acceptors (Lipinski definition) is 6. The van der Waals surface area contributed by atoms with E-state index in [1.54, 1.807) is 0 Å². The molecule has 2 heterocycles. The fourth-order valence-corrected chi connectivity index (χ4v) is 3.49. The van der Waals surface area contributed by atoms with Gasteiger partial charge < -0.3 is 15.0 Å². The fourth-order valence-electron chi connectivity index (χ4n) is 3.49. The van der Waals surface area contributed by atoms with Crippen molar-refractivity contribution in [3.8, 4) is 0 Å². The van der Waals surface area contributed by atoms with E-state index in [0.29, 0.717) is 36.4 Å². The number of ether oxygens (including phenoxy) is 1. The number of amides is 1. The highest BCUT2D eigenvalue weighted by Gasteiger charge is 2.22. The van der Waals surface area contributed by atoms with Crippen molar-refractivity contribution in [2.24, 2.45) is 0 Å². The van der Waals surface area contributed by atoms with Crippen LogP contribution in [0, 0.1) is 0 Å². The van der Waals surface area contributed by atoms with Crippen molar-refractivity contribution >= 4 is 28.3 Å². The van der Waals surface area contributed by atoms with Gasteiger partial charge in [-0.15, -0.1) is 0 Å². The number of nitrogens with zero attached hydrogens (tertiary/aromatic N) is 3. The van der Waals surface area contributed by atoms with Gasteiger partial charge in [0.25, 0.3) is 0 Å². The highest BCUT2D eigenvalue weighted by molar-refractivity contribution is 6.04. The average Bonchev–Trinajstić information content (AvgIpc) is 3.21. The number of anilines is 2. The highest BCUT2D eigenvalue weighted by Crippen LogP contribution is 2.31.